The second-order valence-corrected chi connectivity index (χ2v) is 23.8. The van der Waals surface area contributed by atoms with Gasteiger partial charge < -0.3 is 27.4 Å². The normalized spacial score (nSPS) is 10.1. The lowest BCUT2D eigenvalue weighted by Gasteiger charge is -2.11. The topological polar surface area (TPSA) is 29.6 Å². The smallest absolute Gasteiger partial charge is 0.0571 e. The molecule has 0 aliphatic heterocycles. The standard InChI is InChI=1S/3C28H24N2.12C2H6/c1-3-29-25-17-8-6-12-23(25)27-20(13-10-18-26(27)29)22-15-9-14-21-19-11-5-7-16-24(19)30(4-2)28(21)22;1-3-29-25-14-8-6-11-23(25)28-20(12-9-15-26(28)29)19-16-17-22-21-10-5-7-13-24(21)30(4-2)27(22)18-19;1-3-29-24-13-7-5-10-21(24)23-18-19(16-17-26(23)29)20-12-9-15-27-28(20)22-11-6-8-14-25(22)30(27)4-2;12*1-2/h3*5-18H,3-4H2,1-2H3;12*1-2H3. The Balaban J connectivity index is 0.000000318. The number of para-hydroxylation sites is 7. The number of hydrogen-bond acceptors (Lipinski definition) is 0. The molecule has 18 rings (SSSR count). The summed E-state index contributed by atoms with van der Waals surface area (Å²) in [4.78, 5) is 0. The summed E-state index contributed by atoms with van der Waals surface area (Å²) in [6.07, 6.45) is 0. The minimum absolute atomic E-state index is 0.952. The maximum absolute atomic E-state index is 2.47. The van der Waals surface area contributed by atoms with Gasteiger partial charge in [-0.3, -0.25) is 0 Å². The first-order chi connectivity index (χ1) is 56.5. The van der Waals surface area contributed by atoms with Crippen molar-refractivity contribution in [2.75, 3.05) is 0 Å². The zero-order valence-corrected chi connectivity index (χ0v) is 76.2. The van der Waals surface area contributed by atoms with Gasteiger partial charge in [-0.25, -0.2) is 0 Å². The molecule has 12 aromatic carbocycles. The van der Waals surface area contributed by atoms with E-state index in [9.17, 15) is 0 Å². The van der Waals surface area contributed by atoms with Crippen LogP contribution in [0.1, 0.15) is 208 Å². The van der Waals surface area contributed by atoms with E-state index in [1.165, 1.54) is 164 Å². The Hall–Kier alpha value is -10.6. The van der Waals surface area contributed by atoms with Crippen molar-refractivity contribution < 1.29 is 0 Å². The third-order valence-corrected chi connectivity index (χ3v) is 19.5. The fraction of sp³-hybridized carbons (Fsp3) is 0.333. The van der Waals surface area contributed by atoms with Gasteiger partial charge in [0, 0.05) is 170 Å². The second-order valence-electron chi connectivity index (χ2n) is 23.8. The number of rotatable bonds is 9. The highest BCUT2D eigenvalue weighted by atomic mass is 15.0. The maximum atomic E-state index is 2.47. The lowest BCUT2D eigenvalue weighted by atomic mass is 9.97. The van der Waals surface area contributed by atoms with Gasteiger partial charge >= 0.3 is 0 Å². The molecule has 6 heterocycles. The van der Waals surface area contributed by atoms with Gasteiger partial charge in [-0.05, 0) is 142 Å². The molecule has 0 unspecified atom stereocenters. The van der Waals surface area contributed by atoms with Crippen LogP contribution in [0.2, 0.25) is 0 Å². The summed E-state index contributed by atoms with van der Waals surface area (Å²) in [7, 11) is 0. The third kappa shape index (κ3) is 18.8. The predicted molar refractivity (Wildman–Crippen MR) is 524 cm³/mol. The molecular weight excluding hydrogens is 1380 g/mol. The molecule has 0 amide bonds. The van der Waals surface area contributed by atoms with E-state index >= 15 is 0 Å². The number of aromatic nitrogens is 6. The summed E-state index contributed by atoms with van der Waals surface area (Å²) in [5, 5.41) is 16.1. The van der Waals surface area contributed by atoms with Crippen molar-refractivity contribution in [3.63, 3.8) is 0 Å². The Morgan fingerprint density at radius 1 is 0.158 bits per heavy atom. The maximum Gasteiger partial charge on any atom is 0.0571 e. The van der Waals surface area contributed by atoms with Crippen molar-refractivity contribution in [2.45, 2.75) is 247 Å². The second kappa shape index (κ2) is 49.8. The fourth-order valence-corrected chi connectivity index (χ4v) is 15.8. The van der Waals surface area contributed by atoms with Gasteiger partial charge in [0.25, 0.3) is 0 Å². The summed E-state index contributed by atoms with van der Waals surface area (Å²) < 4.78 is 14.6. The predicted octanol–water partition coefficient (Wildman–Crippen LogP) is 35.1. The Morgan fingerprint density at radius 3 is 0.763 bits per heavy atom. The van der Waals surface area contributed by atoms with Crippen LogP contribution in [-0.4, -0.2) is 27.4 Å². The van der Waals surface area contributed by atoms with Crippen molar-refractivity contribution in [2.24, 2.45) is 0 Å². The van der Waals surface area contributed by atoms with E-state index in [2.05, 4.69) is 324 Å². The van der Waals surface area contributed by atoms with Crippen molar-refractivity contribution in [3.05, 3.63) is 255 Å². The Morgan fingerprint density at radius 2 is 0.386 bits per heavy atom. The lowest BCUT2D eigenvalue weighted by Crippen LogP contribution is -1.95. The molecule has 0 saturated carbocycles. The average molecular weight is 1530 g/mol. The number of nitrogens with zero attached hydrogens (tertiary/aromatic N) is 6. The van der Waals surface area contributed by atoms with E-state index in [0.717, 1.165) is 39.3 Å². The van der Waals surface area contributed by atoms with Crippen molar-refractivity contribution >= 4 is 131 Å². The molecule has 18 aromatic rings. The van der Waals surface area contributed by atoms with Crippen LogP contribution in [-0.2, 0) is 39.3 Å². The van der Waals surface area contributed by atoms with E-state index in [0.29, 0.717) is 0 Å². The minimum Gasteiger partial charge on any atom is -0.341 e. The van der Waals surface area contributed by atoms with Crippen LogP contribution in [0.3, 0.4) is 0 Å². The number of fused-ring (bicyclic) bond motifs is 18. The lowest BCUT2D eigenvalue weighted by molar-refractivity contribution is 0.827. The van der Waals surface area contributed by atoms with Crippen molar-refractivity contribution in [1.82, 2.24) is 27.4 Å². The summed E-state index contributed by atoms with van der Waals surface area (Å²) in [5.74, 6) is 0. The van der Waals surface area contributed by atoms with Gasteiger partial charge in [-0.2, -0.15) is 0 Å². The fourth-order valence-electron chi connectivity index (χ4n) is 15.8. The van der Waals surface area contributed by atoms with Gasteiger partial charge in [0.2, 0.25) is 0 Å². The Kier molecular flexibility index (Phi) is 41.9. The van der Waals surface area contributed by atoms with E-state index in [1.807, 2.05) is 166 Å². The molecular formula is C108H144N6. The molecule has 0 aliphatic rings. The first-order valence-corrected chi connectivity index (χ1v) is 44.5. The van der Waals surface area contributed by atoms with Crippen LogP contribution in [0, 0.1) is 0 Å². The van der Waals surface area contributed by atoms with Crippen LogP contribution >= 0.6 is 0 Å². The monoisotopic (exact) mass is 1530 g/mol. The number of hydrogen-bond donors (Lipinski definition) is 0. The van der Waals surface area contributed by atoms with E-state index in [-0.39, 0.29) is 0 Å². The first kappa shape index (κ1) is 95.8. The van der Waals surface area contributed by atoms with E-state index in [4.69, 9.17) is 0 Å². The molecule has 114 heavy (non-hydrogen) atoms. The van der Waals surface area contributed by atoms with Crippen molar-refractivity contribution in [1.29, 1.82) is 0 Å². The van der Waals surface area contributed by atoms with Gasteiger partial charge in [0.05, 0.1) is 5.52 Å². The van der Waals surface area contributed by atoms with E-state index < -0.39 is 0 Å². The summed E-state index contributed by atoms with van der Waals surface area (Å²) in [5.41, 5.74) is 23.6. The molecule has 0 atom stereocenters. The summed E-state index contributed by atoms with van der Waals surface area (Å²) in [6, 6.07) is 93.6. The van der Waals surface area contributed by atoms with Crippen molar-refractivity contribution in [3.8, 4) is 33.4 Å². The zero-order valence-electron chi connectivity index (χ0n) is 76.2. The minimum atomic E-state index is 0.952. The van der Waals surface area contributed by atoms with Gasteiger partial charge in [0.1, 0.15) is 0 Å². The molecule has 0 bridgehead atoms. The van der Waals surface area contributed by atoms with Gasteiger partial charge in [0.15, 0.2) is 0 Å². The molecule has 6 nitrogen and oxygen atoms in total. The SMILES string of the molecule is CC.CC.CC.CC.CC.CC.CC.CC.CC.CC.CC.CC.CCn1c2ccccc2c2c(-c3cccc4c5ccccc5n(CC)c34)cccc21.CCn1c2ccccc2c2cc(-c3cccc4c3c3ccccc3n4CC)ccc21.CCn1c2ccccc2c2ccc(-c3cccc4c3c3ccccc3n4CC)cc21. The molecule has 0 spiro atoms. The molecule has 0 N–H and O–H groups in total. The first-order valence-electron chi connectivity index (χ1n) is 44.5. The van der Waals surface area contributed by atoms with Crippen LogP contribution in [0.5, 0.6) is 0 Å². The average Bonchev–Trinajstić information content (AvgIpc) is 1.58. The highest BCUT2D eigenvalue weighted by Gasteiger charge is 2.21. The molecule has 6 heteroatoms. The number of benzene rings is 12. The molecule has 606 valence electrons. The van der Waals surface area contributed by atoms with Crippen LogP contribution in [0.25, 0.3) is 164 Å². The Bertz CT molecular complexity index is 5810. The zero-order chi connectivity index (χ0) is 84.7. The highest BCUT2D eigenvalue weighted by Crippen LogP contribution is 2.44. The van der Waals surface area contributed by atoms with Crippen LogP contribution in [0.4, 0.5) is 0 Å². The third-order valence-electron chi connectivity index (χ3n) is 19.5. The molecule has 0 aliphatic carbocycles. The number of aryl methyl sites for hydroxylation is 6. The largest absolute Gasteiger partial charge is 0.341 e. The Labute approximate surface area is 689 Å². The van der Waals surface area contributed by atoms with Gasteiger partial charge in [-0.1, -0.05) is 348 Å². The molecule has 0 fully saturated rings. The molecule has 0 radical (unpaired) electrons. The summed E-state index contributed by atoms with van der Waals surface area (Å²) in [6.45, 7) is 67.2. The van der Waals surface area contributed by atoms with Gasteiger partial charge in [-0.15, -0.1) is 0 Å². The highest BCUT2D eigenvalue weighted by molar-refractivity contribution is 6.21. The van der Waals surface area contributed by atoms with E-state index in [1.54, 1.807) is 0 Å². The van der Waals surface area contributed by atoms with Crippen LogP contribution in [0.15, 0.2) is 255 Å². The summed E-state index contributed by atoms with van der Waals surface area (Å²) >= 11 is 0. The molecule has 6 aromatic heterocycles. The quantitative estimate of drug-likeness (QED) is 0.138. The van der Waals surface area contributed by atoms with Crippen LogP contribution < -0.4 is 0 Å². The molecule has 0 saturated heterocycles.